The van der Waals surface area contributed by atoms with Gasteiger partial charge in [-0.3, -0.25) is 9.59 Å². The van der Waals surface area contributed by atoms with Gasteiger partial charge in [-0.05, 0) is 44.2 Å². The predicted octanol–water partition coefficient (Wildman–Crippen LogP) is 4.02. The van der Waals surface area contributed by atoms with Gasteiger partial charge >= 0.3 is 0 Å². The van der Waals surface area contributed by atoms with E-state index in [0.29, 0.717) is 16.9 Å². The number of hydrogen-bond acceptors (Lipinski definition) is 3. The van der Waals surface area contributed by atoms with Crippen molar-refractivity contribution >= 4 is 22.5 Å². The molecule has 23 heavy (non-hydrogen) atoms. The summed E-state index contributed by atoms with van der Waals surface area (Å²) in [6.07, 6.45) is 1.10. The summed E-state index contributed by atoms with van der Waals surface area (Å²) in [6.45, 7) is 3.24. The van der Waals surface area contributed by atoms with E-state index in [0.717, 1.165) is 10.9 Å². The van der Waals surface area contributed by atoms with Gasteiger partial charge in [0.15, 0.2) is 11.9 Å². The van der Waals surface area contributed by atoms with Crippen LogP contribution in [0.15, 0.2) is 54.7 Å². The second-order valence-electron chi connectivity index (χ2n) is 5.45. The number of carbonyl (C=O) groups is 2. The van der Waals surface area contributed by atoms with E-state index in [1.54, 1.807) is 37.4 Å². The van der Waals surface area contributed by atoms with E-state index in [9.17, 15) is 9.59 Å². The van der Waals surface area contributed by atoms with Crippen LogP contribution >= 0.6 is 0 Å². The first-order chi connectivity index (χ1) is 11.1. The normalized spacial score (nSPS) is 12.1. The van der Waals surface area contributed by atoms with Gasteiger partial charge in [-0.25, -0.2) is 0 Å². The average Bonchev–Trinajstić information content (AvgIpc) is 2.98. The second kappa shape index (κ2) is 6.08. The molecule has 1 heterocycles. The maximum absolute atomic E-state index is 12.6. The maximum Gasteiger partial charge on any atom is 0.205 e. The number of aromatic amines is 1. The Bertz CT molecular complexity index is 862. The minimum Gasteiger partial charge on any atom is -0.483 e. The Morgan fingerprint density at radius 3 is 2.43 bits per heavy atom. The summed E-state index contributed by atoms with van der Waals surface area (Å²) >= 11 is 0. The lowest BCUT2D eigenvalue weighted by Gasteiger charge is -2.13. The molecule has 0 saturated heterocycles. The van der Waals surface area contributed by atoms with Gasteiger partial charge in [0.25, 0.3) is 0 Å². The molecule has 0 unspecified atom stereocenters. The van der Waals surface area contributed by atoms with E-state index in [1.807, 2.05) is 24.3 Å². The smallest absolute Gasteiger partial charge is 0.205 e. The topological polar surface area (TPSA) is 59.2 Å². The van der Waals surface area contributed by atoms with Crippen molar-refractivity contribution in [2.75, 3.05) is 0 Å². The number of carbonyl (C=O) groups excluding carboxylic acids is 2. The highest BCUT2D eigenvalue weighted by Gasteiger charge is 2.20. The van der Waals surface area contributed by atoms with Crippen molar-refractivity contribution in [3.8, 4) is 5.75 Å². The van der Waals surface area contributed by atoms with Crippen LogP contribution in [0.5, 0.6) is 5.75 Å². The molecule has 1 atom stereocenters. The summed E-state index contributed by atoms with van der Waals surface area (Å²) in [4.78, 5) is 27.0. The summed E-state index contributed by atoms with van der Waals surface area (Å²) < 4.78 is 5.71. The van der Waals surface area contributed by atoms with Crippen molar-refractivity contribution in [1.82, 2.24) is 4.98 Å². The SMILES string of the molecule is CC(=O)c1ccc(O[C@H](C)C(=O)c2c[nH]c3ccccc23)cc1. The first kappa shape index (κ1) is 15.0. The lowest BCUT2D eigenvalue weighted by molar-refractivity contribution is 0.0819. The third kappa shape index (κ3) is 3.01. The Morgan fingerprint density at radius 1 is 1.04 bits per heavy atom. The molecule has 3 aromatic rings. The Labute approximate surface area is 134 Å². The van der Waals surface area contributed by atoms with E-state index < -0.39 is 6.10 Å². The molecule has 1 aromatic heterocycles. The van der Waals surface area contributed by atoms with E-state index in [1.165, 1.54) is 6.92 Å². The van der Waals surface area contributed by atoms with Gasteiger partial charge < -0.3 is 9.72 Å². The highest BCUT2D eigenvalue weighted by Crippen LogP contribution is 2.21. The molecular weight excluding hydrogens is 290 g/mol. The van der Waals surface area contributed by atoms with E-state index in [-0.39, 0.29) is 11.6 Å². The molecule has 0 amide bonds. The van der Waals surface area contributed by atoms with Crippen LogP contribution in [0.25, 0.3) is 10.9 Å². The standard InChI is InChI=1S/C19H17NO3/c1-12(21)14-7-9-15(10-8-14)23-13(2)19(22)17-11-20-18-6-4-3-5-16(17)18/h3-11,13,20H,1-2H3/t13-/m1/s1. The molecule has 116 valence electrons. The molecule has 0 bridgehead atoms. The van der Waals surface area contributed by atoms with E-state index in [4.69, 9.17) is 4.74 Å². The molecule has 3 rings (SSSR count). The number of Topliss-reactive ketones (excluding diaryl/α,β-unsaturated/α-hetero) is 2. The van der Waals surface area contributed by atoms with Crippen molar-refractivity contribution in [3.05, 3.63) is 65.9 Å². The zero-order chi connectivity index (χ0) is 16.4. The molecular formula is C19H17NO3. The fourth-order valence-corrected chi connectivity index (χ4v) is 2.52. The molecule has 4 heteroatoms. The summed E-state index contributed by atoms with van der Waals surface area (Å²) in [5, 5.41) is 0.889. The molecule has 2 aromatic carbocycles. The molecule has 0 aliphatic carbocycles. The third-order valence-electron chi connectivity index (χ3n) is 3.80. The van der Waals surface area contributed by atoms with Crippen molar-refractivity contribution in [2.45, 2.75) is 20.0 Å². The number of ether oxygens (including phenoxy) is 1. The number of fused-ring (bicyclic) bond motifs is 1. The fourth-order valence-electron chi connectivity index (χ4n) is 2.52. The van der Waals surface area contributed by atoms with Crippen LogP contribution in [-0.4, -0.2) is 22.7 Å². The molecule has 0 fully saturated rings. The molecule has 0 spiro atoms. The van der Waals surface area contributed by atoms with Crippen LogP contribution in [-0.2, 0) is 0 Å². The maximum atomic E-state index is 12.6. The Kier molecular flexibility index (Phi) is 3.98. The Hall–Kier alpha value is -2.88. The number of rotatable bonds is 5. The van der Waals surface area contributed by atoms with Crippen LogP contribution < -0.4 is 4.74 Å². The zero-order valence-corrected chi connectivity index (χ0v) is 13.0. The van der Waals surface area contributed by atoms with Gasteiger partial charge in [-0.1, -0.05) is 18.2 Å². The minimum absolute atomic E-state index is 0.000493. The summed E-state index contributed by atoms with van der Waals surface area (Å²) in [7, 11) is 0. The molecule has 0 radical (unpaired) electrons. The summed E-state index contributed by atoms with van der Waals surface area (Å²) in [6, 6.07) is 14.5. The number of nitrogens with one attached hydrogen (secondary N) is 1. The van der Waals surface area contributed by atoms with Gasteiger partial charge in [0.1, 0.15) is 5.75 Å². The molecule has 1 N–H and O–H groups in total. The lowest BCUT2D eigenvalue weighted by Crippen LogP contribution is -2.23. The number of benzene rings is 2. The first-order valence-corrected chi connectivity index (χ1v) is 7.44. The Morgan fingerprint density at radius 2 is 1.74 bits per heavy atom. The largest absolute Gasteiger partial charge is 0.483 e. The van der Waals surface area contributed by atoms with Crippen LogP contribution in [0, 0.1) is 0 Å². The Balaban J connectivity index is 1.78. The number of hydrogen-bond donors (Lipinski definition) is 1. The number of H-pyrrole nitrogens is 1. The average molecular weight is 307 g/mol. The third-order valence-corrected chi connectivity index (χ3v) is 3.80. The van der Waals surface area contributed by atoms with E-state index >= 15 is 0 Å². The van der Waals surface area contributed by atoms with Gasteiger partial charge in [0, 0.05) is 28.2 Å². The highest BCUT2D eigenvalue weighted by atomic mass is 16.5. The predicted molar refractivity (Wildman–Crippen MR) is 89.2 cm³/mol. The van der Waals surface area contributed by atoms with Gasteiger partial charge in [-0.2, -0.15) is 0 Å². The lowest BCUT2D eigenvalue weighted by atomic mass is 10.1. The molecule has 0 aliphatic heterocycles. The second-order valence-corrected chi connectivity index (χ2v) is 5.45. The van der Waals surface area contributed by atoms with Crippen LogP contribution in [0.1, 0.15) is 34.6 Å². The van der Waals surface area contributed by atoms with Gasteiger partial charge in [-0.15, -0.1) is 0 Å². The minimum atomic E-state index is -0.614. The van der Waals surface area contributed by atoms with Crippen LogP contribution in [0.3, 0.4) is 0 Å². The zero-order valence-electron chi connectivity index (χ0n) is 13.0. The number of para-hydroxylation sites is 1. The highest BCUT2D eigenvalue weighted by molar-refractivity contribution is 6.09. The van der Waals surface area contributed by atoms with Gasteiger partial charge in [0.2, 0.25) is 5.78 Å². The van der Waals surface area contributed by atoms with Gasteiger partial charge in [0.05, 0.1) is 0 Å². The summed E-state index contributed by atoms with van der Waals surface area (Å²) in [5.41, 5.74) is 2.16. The van der Waals surface area contributed by atoms with Crippen LogP contribution in [0.4, 0.5) is 0 Å². The fraction of sp³-hybridized carbons (Fsp3) is 0.158. The summed E-state index contributed by atoms with van der Waals surface area (Å²) in [5.74, 6) is 0.480. The van der Waals surface area contributed by atoms with Crippen LogP contribution in [0.2, 0.25) is 0 Å². The quantitative estimate of drug-likeness (QED) is 0.724. The van der Waals surface area contributed by atoms with Crippen molar-refractivity contribution in [1.29, 1.82) is 0 Å². The first-order valence-electron chi connectivity index (χ1n) is 7.44. The number of ketones is 2. The molecule has 4 nitrogen and oxygen atoms in total. The van der Waals surface area contributed by atoms with Crippen molar-refractivity contribution in [3.63, 3.8) is 0 Å². The van der Waals surface area contributed by atoms with Crippen molar-refractivity contribution < 1.29 is 14.3 Å². The van der Waals surface area contributed by atoms with Crippen molar-refractivity contribution in [2.24, 2.45) is 0 Å². The molecule has 0 aliphatic rings. The number of aromatic nitrogens is 1. The molecule has 0 saturated carbocycles. The monoisotopic (exact) mass is 307 g/mol. The van der Waals surface area contributed by atoms with E-state index in [2.05, 4.69) is 4.98 Å².